The van der Waals surface area contributed by atoms with Gasteiger partial charge in [0.1, 0.15) is 6.61 Å². The number of amides is 1. The van der Waals surface area contributed by atoms with Crippen LogP contribution >= 0.6 is 0 Å². The first-order valence-electron chi connectivity index (χ1n) is 10.6. The van der Waals surface area contributed by atoms with E-state index in [1.165, 1.54) is 22.3 Å². The Hall–Kier alpha value is -3.33. The molecule has 4 rings (SSSR count). The van der Waals surface area contributed by atoms with Crippen LogP contribution in [0, 0.1) is 0 Å². The van der Waals surface area contributed by atoms with E-state index in [2.05, 4.69) is 48.3 Å². The molecule has 0 radical (unpaired) electrons. The predicted molar refractivity (Wildman–Crippen MR) is 121 cm³/mol. The Kier molecular flexibility index (Phi) is 6.29. The SMILES string of the molecule is C=CCCCC(NC(=O)OCC1c2ccccc2-c2ccccc21)c1ccccc1. The van der Waals surface area contributed by atoms with E-state index in [1.54, 1.807) is 0 Å². The number of ether oxygens (including phenoxy) is 1. The van der Waals surface area contributed by atoms with Crippen molar-refractivity contribution in [2.45, 2.75) is 31.2 Å². The number of unbranched alkanes of at least 4 members (excludes halogenated alkanes) is 1. The third kappa shape index (κ3) is 4.30. The van der Waals surface area contributed by atoms with Gasteiger partial charge in [0.2, 0.25) is 0 Å². The normalized spacial score (nSPS) is 13.2. The molecule has 30 heavy (non-hydrogen) atoms. The van der Waals surface area contributed by atoms with Crippen molar-refractivity contribution in [2.75, 3.05) is 6.61 Å². The van der Waals surface area contributed by atoms with Gasteiger partial charge in [0.05, 0.1) is 6.04 Å². The number of fused-ring (bicyclic) bond motifs is 3. The van der Waals surface area contributed by atoms with Crippen LogP contribution in [0.5, 0.6) is 0 Å². The van der Waals surface area contributed by atoms with Gasteiger partial charge in [0.15, 0.2) is 0 Å². The minimum atomic E-state index is -0.371. The zero-order valence-electron chi connectivity index (χ0n) is 17.1. The van der Waals surface area contributed by atoms with E-state index in [0.717, 1.165) is 24.8 Å². The number of nitrogens with one attached hydrogen (secondary N) is 1. The van der Waals surface area contributed by atoms with Gasteiger partial charge >= 0.3 is 6.09 Å². The summed E-state index contributed by atoms with van der Waals surface area (Å²) in [5.74, 6) is 0.0686. The van der Waals surface area contributed by atoms with Crippen LogP contribution in [0.1, 0.15) is 47.9 Å². The highest BCUT2D eigenvalue weighted by atomic mass is 16.5. The first kappa shape index (κ1) is 20.0. The van der Waals surface area contributed by atoms with E-state index in [0.29, 0.717) is 6.61 Å². The third-order valence-electron chi connectivity index (χ3n) is 5.74. The number of hydrogen-bond acceptors (Lipinski definition) is 2. The van der Waals surface area contributed by atoms with Crippen molar-refractivity contribution in [3.63, 3.8) is 0 Å². The Morgan fingerprint density at radius 3 is 2.17 bits per heavy atom. The van der Waals surface area contributed by atoms with Crippen molar-refractivity contribution < 1.29 is 9.53 Å². The van der Waals surface area contributed by atoms with Crippen LogP contribution in [0.2, 0.25) is 0 Å². The maximum atomic E-state index is 12.7. The average molecular weight is 398 g/mol. The zero-order chi connectivity index (χ0) is 20.8. The molecule has 1 atom stereocenters. The molecule has 0 aromatic heterocycles. The number of rotatable bonds is 8. The van der Waals surface area contributed by atoms with Crippen molar-refractivity contribution >= 4 is 6.09 Å². The highest BCUT2D eigenvalue weighted by Gasteiger charge is 2.29. The van der Waals surface area contributed by atoms with E-state index in [4.69, 9.17) is 4.74 Å². The molecule has 0 bridgehead atoms. The highest BCUT2D eigenvalue weighted by molar-refractivity contribution is 5.79. The average Bonchev–Trinajstić information content (AvgIpc) is 3.11. The van der Waals surface area contributed by atoms with Crippen LogP contribution in [0.15, 0.2) is 91.5 Å². The maximum Gasteiger partial charge on any atom is 0.407 e. The highest BCUT2D eigenvalue weighted by Crippen LogP contribution is 2.44. The van der Waals surface area contributed by atoms with Crippen molar-refractivity contribution in [2.24, 2.45) is 0 Å². The van der Waals surface area contributed by atoms with Gasteiger partial charge in [0, 0.05) is 5.92 Å². The first-order valence-corrected chi connectivity index (χ1v) is 10.6. The molecule has 1 amide bonds. The van der Waals surface area contributed by atoms with Gasteiger partial charge in [-0.05, 0) is 47.1 Å². The van der Waals surface area contributed by atoms with Gasteiger partial charge in [-0.1, -0.05) is 84.9 Å². The summed E-state index contributed by atoms with van der Waals surface area (Å²) in [6.45, 7) is 4.12. The molecule has 3 aromatic carbocycles. The molecule has 0 spiro atoms. The van der Waals surface area contributed by atoms with Gasteiger partial charge < -0.3 is 10.1 Å². The molecule has 1 aliphatic rings. The van der Waals surface area contributed by atoms with Crippen LogP contribution in [0.25, 0.3) is 11.1 Å². The molecule has 0 aliphatic heterocycles. The number of allylic oxidation sites excluding steroid dienone is 1. The minimum Gasteiger partial charge on any atom is -0.449 e. The molecule has 1 N–H and O–H groups in total. The van der Waals surface area contributed by atoms with Crippen LogP contribution in [0.3, 0.4) is 0 Å². The Balaban J connectivity index is 1.44. The molecule has 0 heterocycles. The number of alkyl carbamates (subject to hydrolysis) is 1. The smallest absolute Gasteiger partial charge is 0.407 e. The summed E-state index contributed by atoms with van der Waals surface area (Å²) in [6.07, 6.45) is 4.28. The second kappa shape index (κ2) is 9.45. The number of carbonyl (C=O) groups excluding carboxylic acids is 1. The summed E-state index contributed by atoms with van der Waals surface area (Å²) in [6, 6.07) is 26.7. The first-order chi connectivity index (χ1) is 14.8. The fraction of sp³-hybridized carbons (Fsp3) is 0.222. The van der Waals surface area contributed by atoms with Gasteiger partial charge in [-0.3, -0.25) is 0 Å². The molecular formula is C27H27NO2. The molecule has 0 saturated heterocycles. The molecule has 3 heteroatoms. The lowest BCUT2D eigenvalue weighted by atomic mass is 9.98. The van der Waals surface area contributed by atoms with E-state index in [1.807, 2.05) is 48.5 Å². The van der Waals surface area contributed by atoms with Crippen LogP contribution in [0.4, 0.5) is 4.79 Å². The van der Waals surface area contributed by atoms with Gasteiger partial charge in [0.25, 0.3) is 0 Å². The molecular weight excluding hydrogens is 370 g/mol. The van der Waals surface area contributed by atoms with Gasteiger partial charge in [-0.25, -0.2) is 4.79 Å². The lowest BCUT2D eigenvalue weighted by molar-refractivity contribution is 0.138. The number of hydrogen-bond donors (Lipinski definition) is 1. The zero-order valence-corrected chi connectivity index (χ0v) is 17.1. The van der Waals surface area contributed by atoms with Crippen LogP contribution in [-0.2, 0) is 4.74 Å². The summed E-state index contributed by atoms with van der Waals surface area (Å²) in [5.41, 5.74) is 5.99. The Labute approximate surface area is 178 Å². The fourth-order valence-electron chi connectivity index (χ4n) is 4.26. The topological polar surface area (TPSA) is 38.3 Å². The van der Waals surface area contributed by atoms with Crippen molar-refractivity contribution in [1.82, 2.24) is 5.32 Å². The van der Waals surface area contributed by atoms with Crippen molar-refractivity contribution in [1.29, 1.82) is 0 Å². The quantitative estimate of drug-likeness (QED) is 0.342. The Morgan fingerprint density at radius 2 is 1.53 bits per heavy atom. The summed E-state index contributed by atoms with van der Waals surface area (Å²) in [7, 11) is 0. The van der Waals surface area contributed by atoms with E-state index in [-0.39, 0.29) is 18.1 Å². The van der Waals surface area contributed by atoms with Crippen molar-refractivity contribution in [3.05, 3.63) is 108 Å². The molecule has 0 fully saturated rings. The largest absolute Gasteiger partial charge is 0.449 e. The summed E-state index contributed by atoms with van der Waals surface area (Å²) < 4.78 is 5.73. The third-order valence-corrected chi connectivity index (χ3v) is 5.74. The second-order valence-electron chi connectivity index (χ2n) is 7.65. The van der Waals surface area contributed by atoms with Gasteiger partial charge in [-0.15, -0.1) is 6.58 Å². The Morgan fingerprint density at radius 1 is 0.933 bits per heavy atom. The standard InChI is InChI=1S/C27H27NO2/c1-2-3-5-18-26(20-12-6-4-7-13-20)28-27(29)30-19-25-23-16-10-8-14-21(23)22-15-9-11-17-24(22)25/h2,4,6-17,25-26H,1,3,5,18-19H2,(H,28,29). The summed E-state index contributed by atoms with van der Waals surface area (Å²) in [5, 5.41) is 3.07. The lowest BCUT2D eigenvalue weighted by Gasteiger charge is -2.20. The van der Waals surface area contributed by atoms with Crippen LogP contribution < -0.4 is 5.32 Å². The summed E-state index contributed by atoms with van der Waals surface area (Å²) >= 11 is 0. The van der Waals surface area contributed by atoms with Crippen LogP contribution in [-0.4, -0.2) is 12.7 Å². The molecule has 0 saturated carbocycles. The maximum absolute atomic E-state index is 12.7. The van der Waals surface area contributed by atoms with E-state index in [9.17, 15) is 4.79 Å². The van der Waals surface area contributed by atoms with Crippen molar-refractivity contribution in [3.8, 4) is 11.1 Å². The number of carbonyl (C=O) groups is 1. The molecule has 152 valence electrons. The molecule has 1 aliphatic carbocycles. The van der Waals surface area contributed by atoms with E-state index < -0.39 is 0 Å². The molecule has 3 aromatic rings. The molecule has 1 unspecified atom stereocenters. The fourth-order valence-corrected chi connectivity index (χ4v) is 4.26. The second-order valence-corrected chi connectivity index (χ2v) is 7.65. The minimum absolute atomic E-state index is 0.0678. The predicted octanol–water partition coefficient (Wildman–Crippen LogP) is 6.62. The lowest BCUT2D eigenvalue weighted by Crippen LogP contribution is -2.30. The Bertz CT molecular complexity index is 967. The molecule has 3 nitrogen and oxygen atoms in total. The van der Waals surface area contributed by atoms with Gasteiger partial charge in [-0.2, -0.15) is 0 Å². The van der Waals surface area contributed by atoms with E-state index >= 15 is 0 Å². The summed E-state index contributed by atoms with van der Waals surface area (Å²) in [4.78, 5) is 12.7. The monoisotopic (exact) mass is 397 g/mol. The number of benzene rings is 3.